The first kappa shape index (κ1) is 49.9. The predicted octanol–water partition coefficient (Wildman–Crippen LogP) is 13.9. The lowest BCUT2D eigenvalue weighted by Gasteiger charge is -2.15. The zero-order valence-electron chi connectivity index (χ0n) is 34.6. The van der Waals surface area contributed by atoms with Crippen LogP contribution in [0.25, 0.3) is 0 Å². The Bertz CT molecular complexity index is 850. The van der Waals surface area contributed by atoms with E-state index in [0.29, 0.717) is 19.8 Å². The molecule has 0 rings (SSSR count). The Morgan fingerprint density at radius 2 is 0.692 bits per heavy atom. The van der Waals surface area contributed by atoms with Crippen LogP contribution in [0.3, 0.4) is 0 Å². The highest BCUT2D eigenvalue weighted by atomic mass is 16.5. The number of unbranched alkanes of at least 4 members (excludes halogenated alkanes) is 25. The van der Waals surface area contributed by atoms with Gasteiger partial charge in [-0.3, -0.25) is 14.4 Å². The third kappa shape index (κ3) is 37.6. The molecule has 0 amide bonds. The molecule has 0 spiro atoms. The number of hydrogen-bond donors (Lipinski definition) is 0. The van der Waals surface area contributed by atoms with Crippen molar-refractivity contribution in [1.29, 1.82) is 0 Å². The summed E-state index contributed by atoms with van der Waals surface area (Å²) >= 11 is 0. The van der Waals surface area contributed by atoms with Gasteiger partial charge in [0, 0.05) is 0 Å². The summed E-state index contributed by atoms with van der Waals surface area (Å²) in [7, 11) is 0. The van der Waals surface area contributed by atoms with E-state index in [0.717, 1.165) is 70.6 Å². The molecule has 1 unspecified atom stereocenters. The largest absolute Gasteiger partial charge is 0.466 e. The molecule has 0 aliphatic rings. The highest BCUT2D eigenvalue weighted by Crippen LogP contribution is 2.17. The van der Waals surface area contributed by atoms with Crippen LogP contribution >= 0.6 is 0 Å². The number of rotatable bonds is 40. The number of carbonyl (C=O) groups is 3. The summed E-state index contributed by atoms with van der Waals surface area (Å²) in [4.78, 5) is 38.3. The molecule has 0 saturated heterocycles. The third-order valence-electron chi connectivity index (χ3n) is 9.77. The number of esters is 3. The van der Waals surface area contributed by atoms with Gasteiger partial charge in [-0.25, -0.2) is 0 Å². The quantitative estimate of drug-likeness (QED) is 0.0270. The number of carbonyl (C=O) groups excluding carboxylic acids is 3. The van der Waals surface area contributed by atoms with Crippen LogP contribution in [0.5, 0.6) is 0 Å². The van der Waals surface area contributed by atoms with Crippen LogP contribution in [0, 0.1) is 5.92 Å². The van der Waals surface area contributed by atoms with Gasteiger partial charge in [0.25, 0.3) is 0 Å². The minimum atomic E-state index is -0.865. The smallest absolute Gasteiger partial charge is 0.310 e. The van der Waals surface area contributed by atoms with E-state index in [1.807, 2.05) is 0 Å². The van der Waals surface area contributed by atoms with E-state index in [9.17, 15) is 14.4 Å². The van der Waals surface area contributed by atoms with Crippen LogP contribution in [0.2, 0.25) is 0 Å². The second-order valence-electron chi connectivity index (χ2n) is 15.0. The molecule has 0 fully saturated rings. The lowest BCUT2D eigenvalue weighted by molar-refractivity contribution is -0.159. The molecule has 0 bridgehead atoms. The molecule has 6 heteroatoms. The Labute approximate surface area is 322 Å². The lowest BCUT2D eigenvalue weighted by atomic mass is 10.0. The molecule has 6 nitrogen and oxygen atoms in total. The summed E-state index contributed by atoms with van der Waals surface area (Å²) in [6.45, 7) is 7.70. The summed E-state index contributed by atoms with van der Waals surface area (Å²) in [5.74, 6) is -2.26. The Kier molecular flexibility index (Phi) is 40.0. The fourth-order valence-corrected chi connectivity index (χ4v) is 6.34. The maximum atomic E-state index is 12.9. The first-order valence-electron chi connectivity index (χ1n) is 22.3. The minimum absolute atomic E-state index is 0.146. The fraction of sp³-hybridized carbons (Fsp3) is 0.848. The van der Waals surface area contributed by atoms with Crippen molar-refractivity contribution in [1.82, 2.24) is 0 Å². The average molecular weight is 733 g/mol. The molecule has 0 aromatic rings. The van der Waals surface area contributed by atoms with Gasteiger partial charge in [0.2, 0.25) is 0 Å². The maximum Gasteiger partial charge on any atom is 0.310 e. The van der Waals surface area contributed by atoms with E-state index in [4.69, 9.17) is 14.2 Å². The van der Waals surface area contributed by atoms with Crippen LogP contribution in [0.1, 0.15) is 226 Å². The van der Waals surface area contributed by atoms with Crippen molar-refractivity contribution in [3.63, 3.8) is 0 Å². The van der Waals surface area contributed by atoms with Gasteiger partial charge in [0.1, 0.15) is 0 Å². The fourth-order valence-electron chi connectivity index (χ4n) is 6.34. The van der Waals surface area contributed by atoms with E-state index in [-0.39, 0.29) is 12.8 Å². The standard InChI is InChI=1S/C46H84O6/c1-4-7-10-13-16-18-20-22-23-25-27-29-31-34-36-39-51-45(48)42-43(46(49)52-40-37-32-15-12-9-6-3)41-44(47)50-38-35-33-30-28-26-24-21-19-17-14-11-8-5-2/h16,18,22-23,43H,4-15,17,19-21,24-42H2,1-3H3. The monoisotopic (exact) mass is 733 g/mol. The Morgan fingerprint density at radius 3 is 1.10 bits per heavy atom. The molecule has 0 aliphatic heterocycles. The van der Waals surface area contributed by atoms with Gasteiger partial charge in [-0.2, -0.15) is 0 Å². The van der Waals surface area contributed by atoms with Gasteiger partial charge in [0.15, 0.2) is 0 Å². The topological polar surface area (TPSA) is 78.9 Å². The zero-order chi connectivity index (χ0) is 38.0. The van der Waals surface area contributed by atoms with Crippen LogP contribution in [0.4, 0.5) is 0 Å². The van der Waals surface area contributed by atoms with E-state index in [1.54, 1.807) is 0 Å². The Balaban J connectivity index is 4.27. The molecule has 1 atom stereocenters. The van der Waals surface area contributed by atoms with Crippen molar-refractivity contribution in [3.8, 4) is 0 Å². The molecule has 52 heavy (non-hydrogen) atoms. The normalized spacial score (nSPS) is 12.1. The van der Waals surface area contributed by atoms with Crippen LogP contribution in [-0.4, -0.2) is 37.7 Å². The molecular formula is C46H84O6. The second-order valence-corrected chi connectivity index (χ2v) is 15.0. The number of hydrogen-bond acceptors (Lipinski definition) is 6. The maximum absolute atomic E-state index is 12.9. The van der Waals surface area contributed by atoms with Crippen molar-refractivity contribution in [3.05, 3.63) is 24.3 Å². The lowest BCUT2D eigenvalue weighted by Crippen LogP contribution is -2.26. The second kappa shape index (κ2) is 41.6. The van der Waals surface area contributed by atoms with Gasteiger partial charge in [-0.15, -0.1) is 0 Å². The van der Waals surface area contributed by atoms with E-state index in [1.165, 1.54) is 122 Å². The van der Waals surface area contributed by atoms with Crippen LogP contribution < -0.4 is 0 Å². The van der Waals surface area contributed by atoms with E-state index in [2.05, 4.69) is 45.1 Å². The van der Waals surface area contributed by atoms with Gasteiger partial charge >= 0.3 is 17.9 Å². The average Bonchev–Trinajstić information content (AvgIpc) is 3.14. The molecule has 0 aromatic heterocycles. The molecule has 0 N–H and O–H groups in total. The van der Waals surface area contributed by atoms with Crippen molar-refractivity contribution in [2.45, 2.75) is 226 Å². The molecule has 304 valence electrons. The Hall–Kier alpha value is -2.11. The van der Waals surface area contributed by atoms with Gasteiger partial charge < -0.3 is 14.2 Å². The van der Waals surface area contributed by atoms with Gasteiger partial charge in [-0.05, 0) is 51.4 Å². The summed E-state index contributed by atoms with van der Waals surface area (Å²) in [6.07, 6.45) is 44.2. The highest BCUT2D eigenvalue weighted by molar-refractivity contribution is 5.84. The minimum Gasteiger partial charge on any atom is -0.466 e. The van der Waals surface area contributed by atoms with E-state index >= 15 is 0 Å². The first-order valence-corrected chi connectivity index (χ1v) is 22.3. The summed E-state index contributed by atoms with van der Waals surface area (Å²) in [6, 6.07) is 0. The van der Waals surface area contributed by atoms with Crippen molar-refractivity contribution >= 4 is 17.9 Å². The summed E-state index contributed by atoms with van der Waals surface area (Å²) in [5.41, 5.74) is 0. The highest BCUT2D eigenvalue weighted by Gasteiger charge is 2.27. The molecule has 0 radical (unpaired) electrons. The van der Waals surface area contributed by atoms with Crippen molar-refractivity contribution < 1.29 is 28.6 Å². The zero-order valence-corrected chi connectivity index (χ0v) is 34.6. The Morgan fingerprint density at radius 1 is 0.385 bits per heavy atom. The SMILES string of the molecule is CCCCCC=CCC=CCCCCCCCOC(=O)CC(CC(=O)OCCCCCCCCCCCCCCC)C(=O)OCCCCCCCC. The van der Waals surface area contributed by atoms with Gasteiger partial charge in [-0.1, -0.05) is 186 Å². The summed E-state index contributed by atoms with van der Waals surface area (Å²) < 4.78 is 16.5. The third-order valence-corrected chi connectivity index (χ3v) is 9.77. The molecule has 0 heterocycles. The number of ether oxygens (including phenoxy) is 3. The van der Waals surface area contributed by atoms with Crippen LogP contribution in [-0.2, 0) is 28.6 Å². The van der Waals surface area contributed by atoms with Crippen molar-refractivity contribution in [2.75, 3.05) is 19.8 Å². The number of allylic oxidation sites excluding steroid dienone is 4. The van der Waals surface area contributed by atoms with Gasteiger partial charge in [0.05, 0.1) is 38.6 Å². The molecular weight excluding hydrogens is 649 g/mol. The molecule has 0 aromatic carbocycles. The van der Waals surface area contributed by atoms with Crippen molar-refractivity contribution in [2.24, 2.45) is 5.92 Å². The molecule has 0 saturated carbocycles. The molecule has 0 aliphatic carbocycles. The summed E-state index contributed by atoms with van der Waals surface area (Å²) in [5, 5.41) is 0. The van der Waals surface area contributed by atoms with E-state index < -0.39 is 23.8 Å². The predicted molar refractivity (Wildman–Crippen MR) is 219 cm³/mol. The van der Waals surface area contributed by atoms with Crippen LogP contribution in [0.15, 0.2) is 24.3 Å². The first-order chi connectivity index (χ1) is 25.5.